The van der Waals surface area contributed by atoms with E-state index in [1.165, 1.54) is 0 Å². The summed E-state index contributed by atoms with van der Waals surface area (Å²) in [6.07, 6.45) is 0.536. The molecule has 2 fully saturated rings. The van der Waals surface area contributed by atoms with Gasteiger partial charge in [0.25, 0.3) is 0 Å². The molecule has 15 heavy (non-hydrogen) atoms. The molecule has 4 atom stereocenters. The van der Waals surface area contributed by atoms with Crippen LogP contribution in [0.3, 0.4) is 0 Å². The first-order chi connectivity index (χ1) is 7.18. The Balaban J connectivity index is 2.07. The number of aliphatic hydroxyl groups excluding tert-OH is 1. The van der Waals surface area contributed by atoms with Crippen LogP contribution < -0.4 is 0 Å². The fourth-order valence-electron chi connectivity index (χ4n) is 2.38. The summed E-state index contributed by atoms with van der Waals surface area (Å²) in [5.41, 5.74) is -0.989. The van der Waals surface area contributed by atoms with Gasteiger partial charge in [-0.1, -0.05) is 0 Å². The minimum absolute atomic E-state index is 0.0723. The van der Waals surface area contributed by atoms with Crippen LogP contribution in [0.25, 0.3) is 0 Å². The number of hydrogen-bond donors (Lipinski definition) is 2. The molecule has 2 heterocycles. The molecule has 2 aliphatic heterocycles. The van der Waals surface area contributed by atoms with Crippen molar-refractivity contribution in [2.24, 2.45) is 0 Å². The van der Waals surface area contributed by atoms with Gasteiger partial charge in [-0.05, 0) is 12.8 Å². The Bertz CT molecular complexity index is 227. The molecule has 2 saturated heterocycles. The van der Waals surface area contributed by atoms with E-state index in [0.29, 0.717) is 19.4 Å². The van der Waals surface area contributed by atoms with E-state index >= 15 is 0 Å². The Hall–Kier alpha value is -0.135. The molecule has 6 heteroatoms. The van der Waals surface area contributed by atoms with E-state index in [4.69, 9.17) is 19.3 Å². The molecular weight excluding hydrogens is 199 g/mol. The van der Waals surface area contributed by atoms with Crippen molar-refractivity contribution in [3.05, 3.63) is 0 Å². The molecule has 2 N–H and O–H groups in total. The van der Waals surface area contributed by atoms with Gasteiger partial charge in [-0.3, -0.25) is 0 Å². The number of ether oxygens (including phenoxy) is 3. The minimum atomic E-state index is -0.989. The summed E-state index contributed by atoms with van der Waals surface area (Å²) in [6, 6.07) is -0.277. The normalized spacial score (nSPS) is 45.3. The summed E-state index contributed by atoms with van der Waals surface area (Å²) in [6.45, 7) is 0.748. The lowest BCUT2D eigenvalue weighted by molar-refractivity contribution is -0.204. The van der Waals surface area contributed by atoms with E-state index in [-0.39, 0.29) is 31.6 Å². The zero-order valence-electron chi connectivity index (χ0n) is 8.89. The highest BCUT2D eigenvalue weighted by atomic mass is 16.7. The molecule has 0 spiro atoms. The molecule has 0 aromatic carbocycles. The molecule has 0 bridgehead atoms. The van der Waals surface area contributed by atoms with Gasteiger partial charge in [0, 0.05) is 6.61 Å². The summed E-state index contributed by atoms with van der Waals surface area (Å²) < 4.78 is 16.1. The van der Waals surface area contributed by atoms with E-state index in [9.17, 15) is 5.11 Å². The van der Waals surface area contributed by atoms with Crippen molar-refractivity contribution in [3.8, 4) is 0 Å². The average Bonchev–Trinajstić information content (AvgIpc) is 2.50. The second-order valence-corrected chi connectivity index (χ2v) is 4.21. The van der Waals surface area contributed by atoms with Gasteiger partial charge in [0.1, 0.15) is 32.4 Å². The average molecular weight is 216 g/mol. The van der Waals surface area contributed by atoms with Crippen molar-refractivity contribution >= 4 is 7.85 Å². The molecule has 86 valence electrons. The van der Waals surface area contributed by atoms with Crippen LogP contribution in [0.2, 0.25) is 0 Å². The lowest BCUT2D eigenvalue weighted by atomic mass is 9.77. The van der Waals surface area contributed by atoms with Gasteiger partial charge in [-0.25, -0.2) is 0 Å². The van der Waals surface area contributed by atoms with Crippen molar-refractivity contribution < 1.29 is 24.4 Å². The quantitative estimate of drug-likeness (QED) is 0.546. The molecular formula is C9H17BO5. The Labute approximate surface area is 89.7 Å². The lowest BCUT2D eigenvalue weighted by Crippen LogP contribution is -2.52. The molecule has 0 aromatic heterocycles. The fourth-order valence-corrected chi connectivity index (χ4v) is 2.38. The highest BCUT2D eigenvalue weighted by Crippen LogP contribution is 2.37. The summed E-state index contributed by atoms with van der Waals surface area (Å²) in [5, 5.41) is 19.3. The van der Waals surface area contributed by atoms with Gasteiger partial charge >= 0.3 is 0 Å². The van der Waals surface area contributed by atoms with Gasteiger partial charge in [0.2, 0.25) is 0 Å². The maximum atomic E-state index is 10.5. The molecule has 2 rings (SSSR count). The van der Waals surface area contributed by atoms with E-state index in [0.717, 1.165) is 0 Å². The first-order valence-electron chi connectivity index (χ1n) is 5.36. The topological polar surface area (TPSA) is 68.2 Å². The largest absolute Gasteiger partial charge is 0.396 e. The zero-order valence-corrected chi connectivity index (χ0v) is 8.89. The Morgan fingerprint density at radius 3 is 3.00 bits per heavy atom. The van der Waals surface area contributed by atoms with E-state index in [1.807, 2.05) is 7.85 Å². The highest BCUT2D eigenvalue weighted by molar-refractivity contribution is 6.12. The summed E-state index contributed by atoms with van der Waals surface area (Å²) in [5.74, 6) is 0. The third kappa shape index (κ3) is 1.92. The van der Waals surface area contributed by atoms with Crippen LogP contribution in [0.1, 0.15) is 12.8 Å². The summed E-state index contributed by atoms with van der Waals surface area (Å²) >= 11 is 0. The zero-order chi connectivity index (χ0) is 10.9. The second-order valence-electron chi connectivity index (χ2n) is 4.21. The van der Waals surface area contributed by atoms with Gasteiger partial charge in [-0.15, -0.1) is 0 Å². The molecule has 0 aliphatic carbocycles. The Morgan fingerprint density at radius 1 is 1.47 bits per heavy atom. The minimum Gasteiger partial charge on any atom is -0.396 e. The number of hydrogen-bond acceptors (Lipinski definition) is 5. The van der Waals surface area contributed by atoms with E-state index < -0.39 is 5.60 Å². The monoisotopic (exact) mass is 216 g/mol. The molecule has 2 unspecified atom stereocenters. The summed E-state index contributed by atoms with van der Waals surface area (Å²) in [4.78, 5) is 0. The maximum absolute atomic E-state index is 10.5. The summed E-state index contributed by atoms with van der Waals surface area (Å²) in [7, 11) is 1.83. The first-order valence-corrected chi connectivity index (χ1v) is 5.36. The van der Waals surface area contributed by atoms with Crippen LogP contribution in [0.5, 0.6) is 0 Å². The van der Waals surface area contributed by atoms with Crippen molar-refractivity contribution in [1.29, 1.82) is 0 Å². The molecule has 0 amide bonds. The fraction of sp³-hybridized carbons (Fsp3) is 1.00. The van der Waals surface area contributed by atoms with Crippen molar-refractivity contribution in [3.63, 3.8) is 0 Å². The van der Waals surface area contributed by atoms with Gasteiger partial charge in [0.05, 0.1) is 12.6 Å². The SMILES string of the molecule is BC1OC2COCO[C@H]2[C@@]1(O)CCCO. The van der Waals surface area contributed by atoms with Gasteiger partial charge in [0.15, 0.2) is 0 Å². The predicted octanol–water partition coefficient (Wildman–Crippen LogP) is -1.78. The Morgan fingerprint density at radius 2 is 2.27 bits per heavy atom. The first kappa shape index (κ1) is 11.4. The van der Waals surface area contributed by atoms with Crippen LogP contribution in [-0.2, 0) is 14.2 Å². The second kappa shape index (κ2) is 4.39. The van der Waals surface area contributed by atoms with Crippen molar-refractivity contribution in [2.75, 3.05) is 20.0 Å². The van der Waals surface area contributed by atoms with E-state index in [1.54, 1.807) is 0 Å². The van der Waals surface area contributed by atoms with Gasteiger partial charge in [-0.2, -0.15) is 0 Å². The maximum Gasteiger partial charge on any atom is 0.147 e. The third-order valence-electron chi connectivity index (χ3n) is 3.26. The van der Waals surface area contributed by atoms with Crippen LogP contribution in [-0.4, -0.2) is 61.9 Å². The molecule has 0 saturated carbocycles. The van der Waals surface area contributed by atoms with Crippen LogP contribution in [0.4, 0.5) is 0 Å². The van der Waals surface area contributed by atoms with E-state index in [2.05, 4.69) is 0 Å². The van der Waals surface area contributed by atoms with Crippen LogP contribution in [0, 0.1) is 0 Å². The molecule has 2 aliphatic rings. The third-order valence-corrected chi connectivity index (χ3v) is 3.26. The molecule has 0 aromatic rings. The molecule has 5 nitrogen and oxygen atoms in total. The predicted molar refractivity (Wildman–Crippen MR) is 54.2 cm³/mol. The van der Waals surface area contributed by atoms with Crippen LogP contribution >= 0.6 is 0 Å². The highest BCUT2D eigenvalue weighted by Gasteiger charge is 2.54. The molecule has 0 radical (unpaired) electrons. The Kier molecular flexibility index (Phi) is 3.32. The number of rotatable bonds is 3. The number of fused-ring (bicyclic) bond motifs is 1. The lowest BCUT2D eigenvalue weighted by Gasteiger charge is -2.34. The smallest absolute Gasteiger partial charge is 0.147 e. The van der Waals surface area contributed by atoms with Crippen molar-refractivity contribution in [1.82, 2.24) is 0 Å². The van der Waals surface area contributed by atoms with Crippen LogP contribution in [0.15, 0.2) is 0 Å². The van der Waals surface area contributed by atoms with Gasteiger partial charge < -0.3 is 24.4 Å². The number of aliphatic hydroxyl groups is 2. The standard InChI is InChI=1S/C9H17BO5/c10-8-9(12,2-1-3-11)7-6(15-8)4-13-5-14-7/h6-8,11-12H,1-5,10H2/t6?,7-,8?,9+/m1/s1. The van der Waals surface area contributed by atoms with Crippen molar-refractivity contribution in [2.45, 2.75) is 36.7 Å².